The highest BCUT2D eigenvalue weighted by molar-refractivity contribution is 5.79. The van der Waals surface area contributed by atoms with Crippen molar-refractivity contribution < 1.29 is 4.79 Å². The van der Waals surface area contributed by atoms with E-state index in [2.05, 4.69) is 37.7 Å². The molecule has 0 radical (unpaired) electrons. The van der Waals surface area contributed by atoms with E-state index >= 15 is 0 Å². The zero-order valence-corrected chi connectivity index (χ0v) is 11.9. The molecule has 1 aliphatic rings. The molecule has 0 aromatic heterocycles. The lowest BCUT2D eigenvalue weighted by Crippen LogP contribution is -2.37. The van der Waals surface area contributed by atoms with Crippen molar-refractivity contribution in [2.75, 3.05) is 27.2 Å². The number of nitrogens with zero attached hydrogens (tertiary/aromatic N) is 2. The summed E-state index contributed by atoms with van der Waals surface area (Å²) in [4.78, 5) is 16.7. The predicted molar refractivity (Wildman–Crippen MR) is 72.0 cm³/mol. The summed E-state index contributed by atoms with van der Waals surface area (Å²) >= 11 is 0. The van der Waals surface area contributed by atoms with Crippen molar-refractivity contribution in [2.45, 2.75) is 52.0 Å². The van der Waals surface area contributed by atoms with E-state index < -0.39 is 0 Å². The zero-order chi connectivity index (χ0) is 12.8. The smallest absolute Gasteiger partial charge is 0.225 e. The van der Waals surface area contributed by atoms with Crippen LogP contribution in [0.15, 0.2) is 0 Å². The number of likely N-dealkylation sites (tertiary alicyclic amines) is 1. The fourth-order valence-corrected chi connectivity index (χ4v) is 2.71. The number of rotatable bonds is 6. The molecular weight excluding hydrogens is 212 g/mol. The van der Waals surface area contributed by atoms with E-state index in [4.69, 9.17) is 0 Å². The predicted octanol–water partition coefficient (Wildman–Crippen LogP) is 2.37. The minimum atomic E-state index is 0.269. The Labute approximate surface area is 106 Å². The fraction of sp³-hybridized carbons (Fsp3) is 0.929. The Morgan fingerprint density at radius 1 is 1.29 bits per heavy atom. The Morgan fingerprint density at radius 3 is 2.29 bits per heavy atom. The van der Waals surface area contributed by atoms with Crippen molar-refractivity contribution in [2.24, 2.45) is 5.92 Å². The van der Waals surface area contributed by atoms with Gasteiger partial charge in [0.2, 0.25) is 5.91 Å². The molecule has 0 aromatic rings. The molecule has 1 unspecified atom stereocenters. The summed E-state index contributed by atoms with van der Waals surface area (Å²) in [6.07, 6.45) is 5.46. The highest BCUT2D eigenvalue weighted by Crippen LogP contribution is 2.21. The largest absolute Gasteiger partial charge is 0.341 e. The van der Waals surface area contributed by atoms with Crippen LogP contribution < -0.4 is 0 Å². The summed E-state index contributed by atoms with van der Waals surface area (Å²) in [7, 11) is 4.21. The van der Waals surface area contributed by atoms with Crippen molar-refractivity contribution in [3.05, 3.63) is 0 Å². The van der Waals surface area contributed by atoms with Crippen LogP contribution in [-0.4, -0.2) is 48.9 Å². The van der Waals surface area contributed by atoms with Gasteiger partial charge in [0.05, 0.1) is 0 Å². The molecule has 0 spiro atoms. The van der Waals surface area contributed by atoms with Crippen LogP contribution in [0.4, 0.5) is 0 Å². The van der Waals surface area contributed by atoms with Gasteiger partial charge in [0.15, 0.2) is 0 Å². The number of carbonyl (C=O) groups excluding carboxylic acids is 1. The van der Waals surface area contributed by atoms with Gasteiger partial charge in [-0.05, 0) is 33.4 Å². The number of hydrogen-bond donors (Lipinski definition) is 0. The monoisotopic (exact) mass is 240 g/mol. The molecule has 1 amide bonds. The molecule has 1 saturated heterocycles. The van der Waals surface area contributed by atoms with E-state index in [9.17, 15) is 4.79 Å². The third kappa shape index (κ3) is 3.98. The SMILES string of the molecule is CCCC(CCC)C(=O)N1CCC(N(C)C)C1. The minimum Gasteiger partial charge on any atom is -0.341 e. The molecule has 3 nitrogen and oxygen atoms in total. The van der Waals surface area contributed by atoms with Crippen LogP contribution in [0, 0.1) is 5.92 Å². The highest BCUT2D eigenvalue weighted by Gasteiger charge is 2.30. The summed E-state index contributed by atoms with van der Waals surface area (Å²) in [5, 5.41) is 0. The van der Waals surface area contributed by atoms with Crippen LogP contribution in [0.3, 0.4) is 0 Å². The molecule has 1 rings (SSSR count). The van der Waals surface area contributed by atoms with Crippen LogP contribution in [0.2, 0.25) is 0 Å². The second-order valence-electron chi connectivity index (χ2n) is 5.46. The van der Waals surface area contributed by atoms with Crippen LogP contribution in [-0.2, 0) is 4.79 Å². The first-order valence-electron chi connectivity index (χ1n) is 7.05. The van der Waals surface area contributed by atoms with Crippen molar-refractivity contribution in [3.8, 4) is 0 Å². The molecule has 0 bridgehead atoms. The van der Waals surface area contributed by atoms with E-state index in [0.717, 1.165) is 45.2 Å². The number of hydrogen-bond acceptors (Lipinski definition) is 2. The van der Waals surface area contributed by atoms with Crippen LogP contribution in [0.1, 0.15) is 46.0 Å². The fourth-order valence-electron chi connectivity index (χ4n) is 2.71. The van der Waals surface area contributed by atoms with E-state index in [1.807, 2.05) is 0 Å². The molecule has 0 aromatic carbocycles. The summed E-state index contributed by atoms with van der Waals surface area (Å²) in [5.41, 5.74) is 0. The molecule has 3 heteroatoms. The third-order valence-electron chi connectivity index (χ3n) is 3.83. The molecule has 17 heavy (non-hydrogen) atoms. The molecule has 1 heterocycles. The first-order chi connectivity index (χ1) is 8.10. The molecule has 1 atom stereocenters. The lowest BCUT2D eigenvalue weighted by molar-refractivity contribution is -0.135. The number of likely N-dealkylation sites (N-methyl/N-ethyl adjacent to an activating group) is 1. The maximum Gasteiger partial charge on any atom is 0.225 e. The standard InChI is InChI=1S/C14H28N2O/c1-5-7-12(8-6-2)14(17)16-10-9-13(11-16)15(3)4/h12-13H,5-11H2,1-4H3. The second-order valence-corrected chi connectivity index (χ2v) is 5.46. The first-order valence-corrected chi connectivity index (χ1v) is 7.05. The Bertz CT molecular complexity index is 234. The maximum atomic E-state index is 12.4. The van der Waals surface area contributed by atoms with Crippen molar-refractivity contribution in [3.63, 3.8) is 0 Å². The quantitative estimate of drug-likeness (QED) is 0.711. The molecule has 0 saturated carbocycles. The Hall–Kier alpha value is -0.570. The van der Waals surface area contributed by atoms with E-state index in [1.54, 1.807) is 0 Å². The molecule has 1 aliphatic heterocycles. The van der Waals surface area contributed by atoms with Crippen molar-refractivity contribution in [1.82, 2.24) is 9.80 Å². The summed E-state index contributed by atoms with van der Waals surface area (Å²) in [6, 6.07) is 0.558. The highest BCUT2D eigenvalue weighted by atomic mass is 16.2. The van der Waals surface area contributed by atoms with Crippen molar-refractivity contribution >= 4 is 5.91 Å². The average molecular weight is 240 g/mol. The van der Waals surface area contributed by atoms with Gasteiger partial charge in [-0.3, -0.25) is 4.79 Å². The van der Waals surface area contributed by atoms with E-state index in [1.165, 1.54) is 0 Å². The summed E-state index contributed by atoms with van der Waals surface area (Å²) < 4.78 is 0. The maximum absolute atomic E-state index is 12.4. The lowest BCUT2D eigenvalue weighted by atomic mass is 9.97. The molecular formula is C14H28N2O. The first kappa shape index (κ1) is 14.5. The molecule has 100 valence electrons. The van der Waals surface area contributed by atoms with Gasteiger partial charge in [-0.15, -0.1) is 0 Å². The lowest BCUT2D eigenvalue weighted by Gasteiger charge is -2.24. The van der Waals surface area contributed by atoms with Gasteiger partial charge in [-0.1, -0.05) is 26.7 Å². The zero-order valence-electron chi connectivity index (χ0n) is 11.9. The summed E-state index contributed by atoms with van der Waals surface area (Å²) in [6.45, 7) is 6.21. The van der Waals surface area contributed by atoms with E-state index in [0.29, 0.717) is 11.9 Å². The normalized spacial score (nSPS) is 20.6. The summed E-state index contributed by atoms with van der Waals surface area (Å²) in [5.74, 6) is 0.670. The topological polar surface area (TPSA) is 23.6 Å². The average Bonchev–Trinajstić information content (AvgIpc) is 2.77. The Morgan fingerprint density at radius 2 is 1.88 bits per heavy atom. The van der Waals surface area contributed by atoms with Gasteiger partial charge in [0.1, 0.15) is 0 Å². The van der Waals surface area contributed by atoms with E-state index in [-0.39, 0.29) is 5.92 Å². The third-order valence-corrected chi connectivity index (χ3v) is 3.83. The Kier molecular flexibility index (Phi) is 5.96. The van der Waals surface area contributed by atoms with Crippen LogP contribution in [0.5, 0.6) is 0 Å². The van der Waals surface area contributed by atoms with Crippen LogP contribution in [0.25, 0.3) is 0 Å². The molecule has 0 N–H and O–H groups in total. The Balaban J connectivity index is 2.51. The number of amides is 1. The molecule has 0 aliphatic carbocycles. The number of carbonyl (C=O) groups is 1. The van der Waals surface area contributed by atoms with Gasteiger partial charge in [-0.25, -0.2) is 0 Å². The van der Waals surface area contributed by atoms with Crippen LogP contribution >= 0.6 is 0 Å². The minimum absolute atomic E-state index is 0.269. The van der Waals surface area contributed by atoms with Gasteiger partial charge in [-0.2, -0.15) is 0 Å². The van der Waals surface area contributed by atoms with Crippen molar-refractivity contribution in [1.29, 1.82) is 0 Å². The van der Waals surface area contributed by atoms with Gasteiger partial charge >= 0.3 is 0 Å². The van der Waals surface area contributed by atoms with Gasteiger partial charge in [0, 0.05) is 25.0 Å². The van der Waals surface area contributed by atoms with Gasteiger partial charge < -0.3 is 9.80 Å². The molecule has 1 fully saturated rings. The van der Waals surface area contributed by atoms with Gasteiger partial charge in [0.25, 0.3) is 0 Å². The second kappa shape index (κ2) is 7.00.